The lowest BCUT2D eigenvalue weighted by Crippen LogP contribution is -1.91. The van der Waals surface area contributed by atoms with Crippen molar-refractivity contribution in [2.24, 2.45) is 0 Å². The minimum Gasteiger partial charge on any atom is -0.478 e. The van der Waals surface area contributed by atoms with Gasteiger partial charge in [-0.15, -0.1) is 11.3 Å². The van der Waals surface area contributed by atoms with E-state index in [1.807, 2.05) is 0 Å². The van der Waals surface area contributed by atoms with Crippen molar-refractivity contribution >= 4 is 40.5 Å². The second kappa shape index (κ2) is 4.45. The lowest BCUT2D eigenvalue weighted by Gasteiger charge is -2.01. The van der Waals surface area contributed by atoms with Crippen molar-refractivity contribution in [3.8, 4) is 10.4 Å². The van der Waals surface area contributed by atoms with E-state index in [0.717, 1.165) is 10.4 Å². The number of hydrogen-bond donors (Lipinski definition) is 1. The molecule has 5 heteroatoms. The van der Waals surface area contributed by atoms with Gasteiger partial charge in [-0.05, 0) is 24.3 Å². The van der Waals surface area contributed by atoms with Crippen molar-refractivity contribution in [3.05, 3.63) is 45.3 Å². The maximum Gasteiger partial charge on any atom is 0.336 e. The minimum absolute atomic E-state index is 0.260. The number of halogens is 2. The Morgan fingerprint density at radius 2 is 2.00 bits per heavy atom. The molecule has 2 rings (SSSR count). The Morgan fingerprint density at radius 1 is 1.25 bits per heavy atom. The van der Waals surface area contributed by atoms with Gasteiger partial charge in [0, 0.05) is 25.9 Å². The van der Waals surface area contributed by atoms with Gasteiger partial charge in [-0.25, -0.2) is 4.79 Å². The van der Waals surface area contributed by atoms with E-state index in [0.29, 0.717) is 10.0 Å². The highest BCUT2D eigenvalue weighted by molar-refractivity contribution is 7.14. The number of benzene rings is 1. The summed E-state index contributed by atoms with van der Waals surface area (Å²) in [6.07, 6.45) is 0. The maximum absolute atomic E-state index is 10.7. The minimum atomic E-state index is -0.944. The van der Waals surface area contributed by atoms with Crippen LogP contribution >= 0.6 is 34.5 Å². The molecule has 0 amide bonds. The van der Waals surface area contributed by atoms with Crippen LogP contribution < -0.4 is 0 Å². The summed E-state index contributed by atoms with van der Waals surface area (Å²) in [5.74, 6) is -0.944. The summed E-state index contributed by atoms with van der Waals surface area (Å²) in [5.41, 5.74) is 1.02. The molecule has 0 aliphatic heterocycles. The quantitative estimate of drug-likeness (QED) is 0.879. The zero-order chi connectivity index (χ0) is 11.7. The molecule has 1 aromatic heterocycles. The molecule has 0 bridgehead atoms. The zero-order valence-electron chi connectivity index (χ0n) is 7.91. The molecule has 0 spiro atoms. The number of thiophene rings is 1. The first-order valence-electron chi connectivity index (χ1n) is 4.35. The molecule has 0 unspecified atom stereocenters. The molecule has 0 radical (unpaired) electrons. The van der Waals surface area contributed by atoms with Gasteiger partial charge in [0.05, 0.1) is 5.56 Å². The molecule has 0 atom stereocenters. The fraction of sp³-hybridized carbons (Fsp3) is 0. The Hall–Kier alpha value is -1.03. The molecule has 0 fully saturated rings. The molecule has 16 heavy (non-hydrogen) atoms. The number of carboxylic acid groups (broad SMARTS) is 1. The standard InChI is InChI=1S/C11H6Cl2O2S/c12-7-1-2-9(13)8(4-7)10-3-6(5-16-10)11(14)15/h1-5H,(H,14,15). The van der Waals surface area contributed by atoms with Crippen LogP contribution in [0.4, 0.5) is 0 Å². The normalized spacial score (nSPS) is 10.4. The van der Waals surface area contributed by atoms with Crippen LogP contribution in [-0.2, 0) is 0 Å². The monoisotopic (exact) mass is 272 g/mol. The first kappa shape index (κ1) is 11.5. The number of carbonyl (C=O) groups is 1. The average Bonchev–Trinajstić information content (AvgIpc) is 2.70. The van der Waals surface area contributed by atoms with Gasteiger partial charge in [0.15, 0.2) is 0 Å². The van der Waals surface area contributed by atoms with E-state index in [4.69, 9.17) is 28.3 Å². The van der Waals surface area contributed by atoms with Gasteiger partial charge in [0.25, 0.3) is 0 Å². The van der Waals surface area contributed by atoms with Gasteiger partial charge >= 0.3 is 5.97 Å². The van der Waals surface area contributed by atoms with Crippen molar-refractivity contribution in [3.63, 3.8) is 0 Å². The van der Waals surface area contributed by atoms with E-state index in [1.165, 1.54) is 11.3 Å². The number of carboxylic acids is 1. The van der Waals surface area contributed by atoms with Crippen molar-refractivity contribution in [1.29, 1.82) is 0 Å². The Bertz CT molecular complexity index is 549. The highest BCUT2D eigenvalue weighted by Gasteiger charge is 2.10. The zero-order valence-corrected chi connectivity index (χ0v) is 10.2. The summed E-state index contributed by atoms with van der Waals surface area (Å²) in [7, 11) is 0. The number of rotatable bonds is 2. The maximum atomic E-state index is 10.7. The summed E-state index contributed by atoms with van der Waals surface area (Å²) in [5, 5.41) is 11.5. The van der Waals surface area contributed by atoms with Gasteiger partial charge in [-0.3, -0.25) is 0 Å². The largest absolute Gasteiger partial charge is 0.478 e. The van der Waals surface area contributed by atoms with Crippen molar-refractivity contribution in [1.82, 2.24) is 0 Å². The van der Waals surface area contributed by atoms with Gasteiger partial charge < -0.3 is 5.11 Å². The van der Waals surface area contributed by atoms with E-state index in [-0.39, 0.29) is 5.56 Å². The van der Waals surface area contributed by atoms with E-state index < -0.39 is 5.97 Å². The molecule has 0 saturated carbocycles. The third-order valence-corrected chi connectivity index (χ3v) is 3.57. The van der Waals surface area contributed by atoms with Crippen LogP contribution in [0.5, 0.6) is 0 Å². The molecular formula is C11H6Cl2O2S. The molecule has 0 saturated heterocycles. The van der Waals surface area contributed by atoms with Crippen LogP contribution in [0, 0.1) is 0 Å². The first-order chi connectivity index (χ1) is 7.58. The van der Waals surface area contributed by atoms with E-state index in [2.05, 4.69) is 0 Å². The summed E-state index contributed by atoms with van der Waals surface area (Å²) in [4.78, 5) is 11.5. The molecule has 1 aromatic carbocycles. The van der Waals surface area contributed by atoms with Crippen LogP contribution in [0.1, 0.15) is 10.4 Å². The molecule has 2 nitrogen and oxygen atoms in total. The van der Waals surface area contributed by atoms with Crippen molar-refractivity contribution in [2.75, 3.05) is 0 Å². The fourth-order valence-electron chi connectivity index (χ4n) is 1.28. The lowest BCUT2D eigenvalue weighted by molar-refractivity contribution is 0.0697. The van der Waals surface area contributed by atoms with Crippen LogP contribution in [0.15, 0.2) is 29.6 Å². The molecular weight excluding hydrogens is 267 g/mol. The summed E-state index contributed by atoms with van der Waals surface area (Å²) < 4.78 is 0. The van der Waals surface area contributed by atoms with Crippen molar-refractivity contribution in [2.45, 2.75) is 0 Å². The van der Waals surface area contributed by atoms with Gasteiger partial charge in [-0.2, -0.15) is 0 Å². The third-order valence-electron chi connectivity index (χ3n) is 2.04. The first-order valence-corrected chi connectivity index (χ1v) is 5.99. The fourth-order valence-corrected chi connectivity index (χ4v) is 2.64. The molecule has 1 heterocycles. The molecule has 0 aliphatic carbocycles. The Balaban J connectivity index is 2.50. The topological polar surface area (TPSA) is 37.3 Å². The average molecular weight is 273 g/mol. The molecule has 82 valence electrons. The van der Waals surface area contributed by atoms with Crippen LogP contribution in [0.3, 0.4) is 0 Å². The Morgan fingerprint density at radius 3 is 2.62 bits per heavy atom. The predicted molar refractivity (Wildman–Crippen MR) is 66.7 cm³/mol. The van der Waals surface area contributed by atoms with E-state index >= 15 is 0 Å². The molecule has 2 aromatic rings. The van der Waals surface area contributed by atoms with E-state index in [1.54, 1.807) is 29.6 Å². The lowest BCUT2D eigenvalue weighted by atomic mass is 10.1. The summed E-state index contributed by atoms with van der Waals surface area (Å²) >= 11 is 13.2. The summed E-state index contributed by atoms with van der Waals surface area (Å²) in [6, 6.07) is 6.70. The second-order valence-corrected chi connectivity index (χ2v) is 4.88. The predicted octanol–water partition coefficient (Wildman–Crippen LogP) is 4.42. The molecule has 0 aliphatic rings. The van der Waals surface area contributed by atoms with Gasteiger partial charge in [0.2, 0.25) is 0 Å². The van der Waals surface area contributed by atoms with Crippen molar-refractivity contribution < 1.29 is 9.90 Å². The second-order valence-electron chi connectivity index (χ2n) is 3.13. The van der Waals surface area contributed by atoms with Gasteiger partial charge in [0.1, 0.15) is 0 Å². The van der Waals surface area contributed by atoms with Crippen LogP contribution in [0.25, 0.3) is 10.4 Å². The van der Waals surface area contributed by atoms with Gasteiger partial charge in [-0.1, -0.05) is 23.2 Å². The van der Waals surface area contributed by atoms with E-state index in [9.17, 15) is 4.79 Å². The SMILES string of the molecule is O=C(O)c1csc(-c2cc(Cl)ccc2Cl)c1. The van der Waals surface area contributed by atoms with Crippen LogP contribution in [0.2, 0.25) is 10.0 Å². The highest BCUT2D eigenvalue weighted by atomic mass is 35.5. The highest BCUT2D eigenvalue weighted by Crippen LogP contribution is 2.34. The molecule has 1 N–H and O–H groups in total. The van der Waals surface area contributed by atoms with Crippen LogP contribution in [-0.4, -0.2) is 11.1 Å². The smallest absolute Gasteiger partial charge is 0.336 e. The Labute approximate surface area is 106 Å². The summed E-state index contributed by atoms with van der Waals surface area (Å²) in [6.45, 7) is 0. The number of aromatic carboxylic acids is 1. The third kappa shape index (κ3) is 2.21. The Kier molecular flexibility index (Phi) is 3.19. The number of hydrogen-bond acceptors (Lipinski definition) is 2.